The number of aliphatic hydroxyl groups excluding tert-OH is 2. The van der Waals surface area contributed by atoms with Gasteiger partial charge in [-0.05, 0) is 60.7 Å². The zero-order valence-electron chi connectivity index (χ0n) is 17.6. The minimum absolute atomic E-state index is 0.0250. The lowest BCUT2D eigenvalue weighted by Crippen LogP contribution is -2.50. The molecule has 30 heavy (non-hydrogen) atoms. The van der Waals surface area contributed by atoms with E-state index in [2.05, 4.69) is 22.9 Å². The molecule has 162 valence electrons. The van der Waals surface area contributed by atoms with Crippen LogP contribution in [0, 0.1) is 6.92 Å². The lowest BCUT2D eigenvalue weighted by Gasteiger charge is -2.46. The van der Waals surface area contributed by atoms with Crippen molar-refractivity contribution in [2.45, 2.75) is 43.9 Å². The van der Waals surface area contributed by atoms with Crippen molar-refractivity contribution in [2.24, 2.45) is 5.73 Å². The van der Waals surface area contributed by atoms with Crippen LogP contribution in [0.15, 0.2) is 30.5 Å². The van der Waals surface area contributed by atoms with Gasteiger partial charge in [0.25, 0.3) is 0 Å². The van der Waals surface area contributed by atoms with Crippen LogP contribution in [0.4, 0.5) is 0 Å². The summed E-state index contributed by atoms with van der Waals surface area (Å²) in [7, 11) is 1.61. The van der Waals surface area contributed by atoms with Gasteiger partial charge in [0, 0.05) is 43.0 Å². The number of aromatic nitrogens is 1. The number of aryl methyl sites for hydroxylation is 1. The third-order valence-electron chi connectivity index (χ3n) is 6.30. The molecule has 0 saturated carbocycles. The number of piperidine rings is 1. The predicted molar refractivity (Wildman–Crippen MR) is 114 cm³/mol. The van der Waals surface area contributed by atoms with Crippen molar-refractivity contribution in [3.05, 3.63) is 52.8 Å². The summed E-state index contributed by atoms with van der Waals surface area (Å²) in [5, 5.41) is 18.6. The van der Waals surface area contributed by atoms with E-state index in [1.165, 1.54) is 16.7 Å². The summed E-state index contributed by atoms with van der Waals surface area (Å²) in [6.45, 7) is 3.63. The summed E-state index contributed by atoms with van der Waals surface area (Å²) < 4.78 is 11.3. The number of hydrogen-bond donors (Lipinski definition) is 3. The Kier molecular flexibility index (Phi) is 6.24. The molecule has 2 aliphatic rings. The van der Waals surface area contributed by atoms with Crippen LogP contribution in [0.2, 0.25) is 0 Å². The molecule has 2 aliphatic heterocycles. The van der Waals surface area contributed by atoms with E-state index in [-0.39, 0.29) is 31.2 Å². The van der Waals surface area contributed by atoms with Gasteiger partial charge in [-0.15, -0.1) is 0 Å². The molecule has 1 aromatic heterocycles. The van der Waals surface area contributed by atoms with Crippen LogP contribution in [0.1, 0.15) is 40.8 Å². The van der Waals surface area contributed by atoms with Crippen LogP contribution < -0.4 is 15.2 Å². The number of hydrogen-bond acceptors (Lipinski definition) is 7. The summed E-state index contributed by atoms with van der Waals surface area (Å²) in [6.07, 6.45) is 2.73. The van der Waals surface area contributed by atoms with Crippen LogP contribution in [0.25, 0.3) is 0 Å². The van der Waals surface area contributed by atoms with E-state index >= 15 is 0 Å². The Bertz CT molecular complexity index is 891. The van der Waals surface area contributed by atoms with Crippen LogP contribution in [0.3, 0.4) is 0 Å². The molecule has 1 saturated heterocycles. The van der Waals surface area contributed by atoms with Gasteiger partial charge in [-0.25, -0.2) is 0 Å². The van der Waals surface area contributed by atoms with Gasteiger partial charge in [0.2, 0.25) is 0 Å². The minimum Gasteiger partial charge on any atom is -0.493 e. The Labute approximate surface area is 177 Å². The number of nitrogens with zero attached hydrogens (tertiary/aromatic N) is 2. The molecule has 3 unspecified atom stereocenters. The van der Waals surface area contributed by atoms with E-state index in [0.29, 0.717) is 11.5 Å². The summed E-state index contributed by atoms with van der Waals surface area (Å²) in [5.74, 6) is 1.46. The summed E-state index contributed by atoms with van der Waals surface area (Å²) in [5.41, 5.74) is 11.4. The zero-order valence-corrected chi connectivity index (χ0v) is 17.6. The highest BCUT2D eigenvalue weighted by Crippen LogP contribution is 2.44. The van der Waals surface area contributed by atoms with Crippen molar-refractivity contribution in [2.75, 3.05) is 33.4 Å². The standard InChI is InChI=1S/C23H31N3O4/c1-14-3-5-25-20(7-14)18-11-26-6-4-15-8-23(30-13-16(28)12-27)22(29-2)9-17(15)21(26)10-19(18)24/h3,5,7-9,16,18-19,21,27-28H,4,6,10-13,24H2,1-2H3/t16-,18?,19?,21?/m1/s1. The number of methoxy groups -OCH3 is 1. The fourth-order valence-electron chi connectivity index (χ4n) is 4.65. The van der Waals surface area contributed by atoms with Gasteiger partial charge in [0.15, 0.2) is 11.5 Å². The van der Waals surface area contributed by atoms with Crippen LogP contribution in [-0.2, 0) is 6.42 Å². The smallest absolute Gasteiger partial charge is 0.161 e. The van der Waals surface area contributed by atoms with Gasteiger partial charge in [0.1, 0.15) is 12.7 Å². The van der Waals surface area contributed by atoms with E-state index in [0.717, 1.165) is 31.6 Å². The van der Waals surface area contributed by atoms with Gasteiger partial charge in [0.05, 0.1) is 13.7 Å². The summed E-state index contributed by atoms with van der Waals surface area (Å²) in [4.78, 5) is 7.10. The maximum atomic E-state index is 9.60. The largest absolute Gasteiger partial charge is 0.493 e. The van der Waals surface area contributed by atoms with Crippen molar-refractivity contribution in [1.29, 1.82) is 0 Å². The van der Waals surface area contributed by atoms with E-state index in [1.807, 2.05) is 24.4 Å². The Morgan fingerprint density at radius 3 is 2.87 bits per heavy atom. The first-order valence-electron chi connectivity index (χ1n) is 10.5. The molecule has 7 nitrogen and oxygen atoms in total. The second-order valence-corrected chi connectivity index (χ2v) is 8.37. The zero-order chi connectivity index (χ0) is 21.3. The highest BCUT2D eigenvalue weighted by Gasteiger charge is 2.39. The first kappa shape index (κ1) is 21.1. The quantitative estimate of drug-likeness (QED) is 0.660. The van der Waals surface area contributed by atoms with Crippen molar-refractivity contribution in [3.63, 3.8) is 0 Å². The molecule has 1 aromatic carbocycles. The molecule has 7 heteroatoms. The monoisotopic (exact) mass is 413 g/mol. The first-order valence-corrected chi connectivity index (χ1v) is 10.5. The summed E-state index contributed by atoms with van der Waals surface area (Å²) in [6, 6.07) is 8.50. The fraction of sp³-hybridized carbons (Fsp3) is 0.522. The molecule has 0 amide bonds. The van der Waals surface area contributed by atoms with Crippen LogP contribution in [0.5, 0.6) is 11.5 Å². The number of benzene rings is 1. The maximum Gasteiger partial charge on any atom is 0.161 e. The molecule has 0 aliphatic carbocycles. The number of nitrogens with two attached hydrogens (primary N) is 1. The molecular formula is C23H31N3O4. The minimum atomic E-state index is -0.912. The normalized spacial score (nSPS) is 24.6. The second-order valence-electron chi connectivity index (χ2n) is 8.37. The molecular weight excluding hydrogens is 382 g/mol. The Morgan fingerprint density at radius 2 is 2.13 bits per heavy atom. The highest BCUT2D eigenvalue weighted by molar-refractivity contribution is 5.50. The third kappa shape index (κ3) is 4.16. The van der Waals surface area contributed by atoms with Crippen molar-refractivity contribution >= 4 is 0 Å². The lowest BCUT2D eigenvalue weighted by molar-refractivity contribution is 0.0525. The van der Waals surface area contributed by atoms with Gasteiger partial charge < -0.3 is 25.4 Å². The summed E-state index contributed by atoms with van der Waals surface area (Å²) >= 11 is 0. The number of ether oxygens (including phenoxy) is 2. The number of pyridine rings is 1. The van der Waals surface area contributed by atoms with Crippen molar-refractivity contribution < 1.29 is 19.7 Å². The topological polar surface area (TPSA) is 101 Å². The number of aliphatic hydroxyl groups is 2. The Balaban J connectivity index is 1.57. The molecule has 4 rings (SSSR count). The molecule has 2 aromatic rings. The number of fused-ring (bicyclic) bond motifs is 3. The molecule has 0 radical (unpaired) electrons. The average Bonchev–Trinajstić information content (AvgIpc) is 2.76. The molecule has 0 bridgehead atoms. The fourth-order valence-corrected chi connectivity index (χ4v) is 4.65. The Hall–Kier alpha value is -2.19. The van der Waals surface area contributed by atoms with E-state index in [4.69, 9.17) is 20.3 Å². The van der Waals surface area contributed by atoms with E-state index in [1.54, 1.807) is 7.11 Å². The molecule has 4 atom stereocenters. The van der Waals surface area contributed by atoms with Gasteiger partial charge in [-0.3, -0.25) is 9.88 Å². The predicted octanol–water partition coefficient (Wildman–Crippen LogP) is 1.54. The number of rotatable bonds is 6. The highest BCUT2D eigenvalue weighted by atomic mass is 16.5. The first-order chi connectivity index (χ1) is 14.5. The van der Waals surface area contributed by atoms with Gasteiger partial charge >= 0.3 is 0 Å². The van der Waals surface area contributed by atoms with Crippen LogP contribution in [-0.4, -0.2) is 65.7 Å². The molecule has 3 heterocycles. The lowest BCUT2D eigenvalue weighted by atomic mass is 9.79. The molecule has 0 spiro atoms. The van der Waals surface area contributed by atoms with E-state index < -0.39 is 6.10 Å². The van der Waals surface area contributed by atoms with Gasteiger partial charge in [-0.1, -0.05) is 0 Å². The van der Waals surface area contributed by atoms with Crippen molar-refractivity contribution in [1.82, 2.24) is 9.88 Å². The Morgan fingerprint density at radius 1 is 1.30 bits per heavy atom. The average molecular weight is 414 g/mol. The van der Waals surface area contributed by atoms with Crippen molar-refractivity contribution in [3.8, 4) is 11.5 Å². The molecule has 1 fully saturated rings. The van der Waals surface area contributed by atoms with Gasteiger partial charge in [-0.2, -0.15) is 0 Å². The third-order valence-corrected chi connectivity index (χ3v) is 6.30. The van der Waals surface area contributed by atoms with Crippen LogP contribution >= 0.6 is 0 Å². The maximum absolute atomic E-state index is 9.60. The molecule has 4 N–H and O–H groups in total. The second kappa shape index (κ2) is 8.89. The van der Waals surface area contributed by atoms with E-state index in [9.17, 15) is 5.11 Å². The SMILES string of the molecule is COc1cc2c(cc1OC[C@H](O)CO)CCN1CC(c3cc(C)ccn3)C(N)CC21.